The quantitative estimate of drug-likeness (QED) is 0.0593. The molecule has 0 N–H and O–H groups in total. The minimum Gasteiger partial charge on any atom is -0.0622 e. The van der Waals surface area contributed by atoms with Crippen LogP contribution in [-0.4, -0.2) is 0 Å². The Kier molecular flexibility index (Phi) is 22.7. The average Bonchev–Trinajstić information content (AvgIpc) is 0.710. The number of benzene rings is 24. The first kappa shape index (κ1) is 82.7. The highest BCUT2D eigenvalue weighted by Gasteiger charge is 2.26. The van der Waals surface area contributed by atoms with Gasteiger partial charge in [-0.25, -0.2) is 0 Å². The van der Waals surface area contributed by atoms with Crippen molar-refractivity contribution >= 4 is 135 Å². The van der Waals surface area contributed by atoms with Gasteiger partial charge in [0.2, 0.25) is 0 Å². The maximum absolute atomic E-state index is 2.35. The molecule has 24 aromatic rings. The molecule has 0 fully saturated rings. The molecule has 0 heteroatoms. The molecule has 0 aromatic heterocycles. The van der Waals surface area contributed by atoms with Crippen LogP contribution in [0.2, 0.25) is 0 Å². The van der Waals surface area contributed by atoms with Gasteiger partial charge in [0.05, 0.1) is 0 Å². The molecule has 0 aliphatic heterocycles. The van der Waals surface area contributed by atoms with E-state index in [-0.39, 0.29) is 0 Å². The highest BCUT2D eigenvalue weighted by molar-refractivity contribution is 6.30. The zero-order valence-electron chi connectivity index (χ0n) is 75.1. The monoisotopic (exact) mass is 1720 g/mol. The third-order valence-electron chi connectivity index (χ3n) is 27.0. The Morgan fingerprint density at radius 3 is 0.743 bits per heavy atom. The zero-order chi connectivity index (χ0) is 90.5. The Morgan fingerprint density at radius 1 is 0.103 bits per heavy atom. The van der Waals surface area contributed by atoms with Crippen LogP contribution in [0.15, 0.2) is 510 Å². The van der Waals surface area contributed by atoms with Crippen molar-refractivity contribution in [2.24, 2.45) is 0 Å². The molecule has 0 aliphatic rings. The molecule has 0 bridgehead atoms. The second-order valence-corrected chi connectivity index (χ2v) is 35.1. The Balaban J connectivity index is 0.000000153. The largest absolute Gasteiger partial charge is 0.0622 e. The molecular formula is C136H92. The van der Waals surface area contributed by atoms with Crippen LogP contribution < -0.4 is 0 Å². The van der Waals surface area contributed by atoms with Crippen molar-refractivity contribution in [1.82, 2.24) is 0 Å². The van der Waals surface area contributed by atoms with E-state index in [2.05, 4.69) is 558 Å². The van der Waals surface area contributed by atoms with Crippen molar-refractivity contribution in [3.63, 3.8) is 0 Å². The van der Waals surface area contributed by atoms with Crippen LogP contribution in [0.1, 0.15) is 44.5 Å². The average molecular weight is 1730 g/mol. The predicted molar refractivity (Wildman–Crippen MR) is 589 cm³/mol. The summed E-state index contributed by atoms with van der Waals surface area (Å²) in [7, 11) is 0. The summed E-state index contributed by atoms with van der Waals surface area (Å²) in [6.45, 7) is 0. The van der Waals surface area contributed by atoms with Gasteiger partial charge in [-0.1, -0.05) is 546 Å². The molecule has 0 saturated carbocycles. The van der Waals surface area contributed by atoms with Gasteiger partial charge in [-0.2, -0.15) is 0 Å². The van der Waals surface area contributed by atoms with Crippen molar-refractivity contribution in [3.8, 4) is 111 Å². The van der Waals surface area contributed by atoms with Gasteiger partial charge in [0.1, 0.15) is 0 Å². The third-order valence-corrected chi connectivity index (χ3v) is 27.0. The highest BCUT2D eigenvalue weighted by Crippen LogP contribution is 2.53. The van der Waals surface area contributed by atoms with E-state index in [1.807, 2.05) is 0 Å². The molecule has 636 valence electrons. The molecular weight excluding hydrogens is 1630 g/mol. The lowest BCUT2D eigenvalue weighted by Crippen LogP contribution is -1.95. The molecule has 0 heterocycles. The molecule has 136 heavy (non-hydrogen) atoms. The van der Waals surface area contributed by atoms with E-state index in [0.29, 0.717) is 0 Å². The van der Waals surface area contributed by atoms with Gasteiger partial charge in [0.15, 0.2) is 0 Å². The minimum atomic E-state index is 1.17. The van der Waals surface area contributed by atoms with E-state index in [1.165, 1.54) is 242 Å². The first-order valence-corrected chi connectivity index (χ1v) is 47.0. The van der Waals surface area contributed by atoms with Crippen LogP contribution in [0.5, 0.6) is 0 Å². The zero-order valence-corrected chi connectivity index (χ0v) is 75.1. The second-order valence-electron chi connectivity index (χ2n) is 35.1. The second kappa shape index (κ2) is 37.3. The van der Waals surface area contributed by atoms with Crippen molar-refractivity contribution in [2.45, 2.75) is 0 Å². The van der Waals surface area contributed by atoms with Gasteiger partial charge in [-0.15, -0.1) is 0 Å². The maximum Gasteiger partial charge on any atom is -0.00139 e. The number of rotatable bonds is 18. The van der Waals surface area contributed by atoms with E-state index >= 15 is 0 Å². The summed E-state index contributed by atoms with van der Waals surface area (Å²) in [4.78, 5) is 0. The predicted octanol–water partition coefficient (Wildman–Crippen LogP) is 38.0. The molecule has 24 aromatic carbocycles. The van der Waals surface area contributed by atoms with Crippen LogP contribution in [0.25, 0.3) is 246 Å². The lowest BCUT2D eigenvalue weighted by Gasteiger charge is -2.22. The summed E-state index contributed by atoms with van der Waals surface area (Å²) in [5, 5.41) is 19.8. The van der Waals surface area contributed by atoms with Crippen molar-refractivity contribution in [3.05, 3.63) is 554 Å². The first-order valence-electron chi connectivity index (χ1n) is 47.0. The summed E-state index contributed by atoms with van der Waals surface area (Å²) >= 11 is 0. The number of hydrogen-bond donors (Lipinski definition) is 0. The standard InChI is InChI=1S/2C68H46/c1-4-17-47(18-5-1)31-33-50-43-45-58(61-25-12-10-23-56(50)61)52-35-39-54(40-36-52)66-63-27-14-15-28-64(63)67(68-60(29-16-30-65(66)68)49-21-8-3-9-22-49)55-41-37-53(38-42-55)59-46-44-51(57-24-11-13-26-62(57)59)34-32-48-19-6-2-7-20-48;1-4-19-47(20-5-1)41-43-49-23-12-27-52(45-49)54-31-14-36-59-57(54)34-17-38-61(59)66-63-29-10-11-30-64(63)68(67-56(33-16-40-65(66)67)51-25-8-3-9-26-51)62-39-18-35-58-55(32-15-37-60(58)62)53-28-13-24-50(46-53)44-42-48-21-6-2-7-22-48/h2*1-46H/b33-31+,34-32+;43-41+,44-42+. The maximum atomic E-state index is 2.35. The van der Waals surface area contributed by atoms with Gasteiger partial charge in [-0.3, -0.25) is 0 Å². The van der Waals surface area contributed by atoms with Crippen LogP contribution >= 0.6 is 0 Å². The molecule has 0 nitrogen and oxygen atoms in total. The van der Waals surface area contributed by atoms with E-state index in [0.717, 1.165) is 0 Å². The molecule has 0 unspecified atom stereocenters. The lowest BCUT2D eigenvalue weighted by molar-refractivity contribution is 1.61. The molecule has 0 atom stereocenters. The smallest absolute Gasteiger partial charge is 0.00139 e. The lowest BCUT2D eigenvalue weighted by atomic mass is 9.80. The van der Waals surface area contributed by atoms with E-state index < -0.39 is 0 Å². The highest BCUT2D eigenvalue weighted by atomic mass is 14.3. The van der Waals surface area contributed by atoms with Gasteiger partial charge in [0, 0.05) is 0 Å². The van der Waals surface area contributed by atoms with Crippen LogP contribution in [0.3, 0.4) is 0 Å². The molecule has 0 aliphatic carbocycles. The van der Waals surface area contributed by atoms with Gasteiger partial charge >= 0.3 is 0 Å². The molecule has 0 saturated heterocycles. The first-order chi connectivity index (χ1) is 67.5. The van der Waals surface area contributed by atoms with Crippen molar-refractivity contribution in [2.75, 3.05) is 0 Å². The van der Waals surface area contributed by atoms with E-state index in [9.17, 15) is 0 Å². The topological polar surface area (TPSA) is 0 Å². The fourth-order valence-electron chi connectivity index (χ4n) is 20.6. The summed E-state index contributed by atoms with van der Waals surface area (Å²) in [5.41, 5.74) is 33.9. The summed E-state index contributed by atoms with van der Waals surface area (Å²) in [6, 6.07) is 186. The molecule has 0 amide bonds. The Morgan fingerprint density at radius 2 is 0.331 bits per heavy atom. The van der Waals surface area contributed by atoms with E-state index in [1.54, 1.807) is 0 Å². The van der Waals surface area contributed by atoms with Crippen molar-refractivity contribution < 1.29 is 0 Å². The fourth-order valence-corrected chi connectivity index (χ4v) is 20.6. The Labute approximate surface area is 794 Å². The van der Waals surface area contributed by atoms with Crippen molar-refractivity contribution in [1.29, 1.82) is 0 Å². The van der Waals surface area contributed by atoms with Gasteiger partial charge < -0.3 is 0 Å². The summed E-state index contributed by atoms with van der Waals surface area (Å²) < 4.78 is 0. The summed E-state index contributed by atoms with van der Waals surface area (Å²) in [5.74, 6) is 0. The molecule has 0 radical (unpaired) electrons. The van der Waals surface area contributed by atoms with Gasteiger partial charge in [0.25, 0.3) is 0 Å². The van der Waals surface area contributed by atoms with E-state index in [4.69, 9.17) is 0 Å². The van der Waals surface area contributed by atoms with Crippen LogP contribution in [0.4, 0.5) is 0 Å². The normalized spacial score (nSPS) is 11.7. The fraction of sp³-hybridized carbons (Fsp3) is 0. The minimum absolute atomic E-state index is 1.17. The van der Waals surface area contributed by atoms with Crippen LogP contribution in [0, 0.1) is 0 Å². The molecule has 0 spiro atoms. The number of hydrogen-bond acceptors (Lipinski definition) is 0. The third kappa shape index (κ3) is 16.3. The summed E-state index contributed by atoms with van der Waals surface area (Å²) in [6.07, 6.45) is 17.6. The van der Waals surface area contributed by atoms with Gasteiger partial charge in [-0.05, 0) is 254 Å². The molecule has 24 rings (SSSR count). The Hall–Kier alpha value is -17.7. The number of fused-ring (bicyclic) bond motifs is 8. The SMILES string of the molecule is C(=C\c1ccc(-c2ccc(-c3c4ccccc4c(-c4ccc(-c5ccc(/C=C/c6ccccc6)c6ccccc56)cc4)c4c(-c5ccccc5)cccc34)cc2)c2ccccc12)/c1ccccc1.C(=C\c1cccc(-c2cccc3c(-c4c5ccccc5c(-c5cccc6c(-c7cccc(/C=C/c8ccccc8)c7)cccc56)c5c(-c6ccccc6)cccc45)cccc23)c1)/c1ccccc1. The van der Waals surface area contributed by atoms with Crippen LogP contribution in [-0.2, 0) is 0 Å². The Bertz CT molecular complexity index is 8740.